The molecule has 1 rings (SSSR count). The van der Waals surface area contributed by atoms with Crippen LogP contribution in [0.5, 0.6) is 0 Å². The molecule has 0 unspecified atom stereocenters. The number of amides is 1. The van der Waals surface area contributed by atoms with Gasteiger partial charge in [-0.2, -0.15) is 0 Å². The highest BCUT2D eigenvalue weighted by Crippen LogP contribution is 2.21. The molecule has 0 aliphatic carbocycles. The molecule has 0 atom stereocenters. The van der Waals surface area contributed by atoms with Crippen molar-refractivity contribution in [1.29, 1.82) is 0 Å². The predicted octanol–water partition coefficient (Wildman–Crippen LogP) is 3.40. The first kappa shape index (κ1) is 14.6. The molecule has 0 fully saturated rings. The Kier molecular flexibility index (Phi) is 6.03. The first-order chi connectivity index (χ1) is 8.11. The fraction of sp³-hybridized carbons (Fsp3) is 0.364. The third-order valence-corrected chi connectivity index (χ3v) is 2.90. The van der Waals surface area contributed by atoms with Crippen LogP contribution in [0.25, 0.3) is 0 Å². The lowest BCUT2D eigenvalue weighted by molar-refractivity contribution is 0.0775. The van der Waals surface area contributed by atoms with Gasteiger partial charge in [0.05, 0.1) is 10.6 Å². The third kappa shape index (κ3) is 3.73. The average Bonchev–Trinajstić information content (AvgIpc) is 2.31. The van der Waals surface area contributed by atoms with E-state index < -0.39 is 5.82 Å². The van der Waals surface area contributed by atoms with Crippen LogP contribution in [0.4, 0.5) is 4.39 Å². The summed E-state index contributed by atoms with van der Waals surface area (Å²) >= 11 is 16.9. The maximum absolute atomic E-state index is 13.2. The molecule has 1 amide bonds. The molecule has 1 aromatic rings. The van der Waals surface area contributed by atoms with Crippen molar-refractivity contribution in [2.75, 3.05) is 24.8 Å². The van der Waals surface area contributed by atoms with Crippen molar-refractivity contribution in [3.8, 4) is 0 Å². The van der Waals surface area contributed by atoms with Crippen molar-refractivity contribution in [2.45, 2.75) is 0 Å². The predicted molar refractivity (Wildman–Crippen MR) is 68.8 cm³/mol. The van der Waals surface area contributed by atoms with Crippen LogP contribution in [0.3, 0.4) is 0 Å². The summed E-state index contributed by atoms with van der Waals surface area (Å²) in [6.07, 6.45) is 0. The Morgan fingerprint density at radius 3 is 2.35 bits per heavy atom. The topological polar surface area (TPSA) is 20.3 Å². The highest BCUT2D eigenvalue weighted by molar-refractivity contribution is 6.34. The van der Waals surface area contributed by atoms with E-state index in [0.717, 1.165) is 0 Å². The molecule has 0 bridgehead atoms. The van der Waals surface area contributed by atoms with Gasteiger partial charge in [-0.05, 0) is 12.1 Å². The van der Waals surface area contributed by atoms with Gasteiger partial charge in [0.25, 0.3) is 5.91 Å². The minimum atomic E-state index is -0.616. The Hall–Kier alpha value is -0.510. The summed E-state index contributed by atoms with van der Waals surface area (Å²) in [5, 5.41) is -0.174. The van der Waals surface area contributed by atoms with Gasteiger partial charge in [-0.25, -0.2) is 4.39 Å². The molecule has 0 radical (unpaired) electrons. The monoisotopic (exact) mass is 297 g/mol. The molecule has 1 aromatic carbocycles. The summed E-state index contributed by atoms with van der Waals surface area (Å²) in [7, 11) is 0. The van der Waals surface area contributed by atoms with Crippen LogP contribution >= 0.6 is 34.8 Å². The van der Waals surface area contributed by atoms with Gasteiger partial charge >= 0.3 is 0 Å². The molecule has 6 heteroatoms. The molecular weight excluding hydrogens is 287 g/mol. The number of rotatable bonds is 5. The van der Waals surface area contributed by atoms with Crippen LogP contribution in [0.15, 0.2) is 18.2 Å². The number of carbonyl (C=O) groups is 1. The number of hydrogen-bond donors (Lipinski definition) is 0. The SMILES string of the molecule is O=C(c1cccc(F)c1Cl)N(CCCl)CCCl. The van der Waals surface area contributed by atoms with Crippen molar-refractivity contribution < 1.29 is 9.18 Å². The number of halogens is 4. The third-order valence-electron chi connectivity index (χ3n) is 2.18. The quantitative estimate of drug-likeness (QED) is 0.763. The minimum Gasteiger partial charge on any atom is -0.336 e. The Balaban J connectivity index is 2.96. The molecular formula is C11H11Cl3FNO. The zero-order chi connectivity index (χ0) is 12.8. The van der Waals surface area contributed by atoms with Crippen molar-refractivity contribution in [1.82, 2.24) is 4.90 Å². The van der Waals surface area contributed by atoms with Gasteiger partial charge in [0.15, 0.2) is 0 Å². The fourth-order valence-electron chi connectivity index (χ4n) is 1.36. The Bertz CT molecular complexity index is 394. The maximum atomic E-state index is 13.2. The zero-order valence-electron chi connectivity index (χ0n) is 8.93. The van der Waals surface area contributed by atoms with Crippen molar-refractivity contribution >= 4 is 40.7 Å². The molecule has 0 spiro atoms. The molecule has 0 saturated heterocycles. The summed E-state index contributed by atoms with van der Waals surface area (Å²) in [5.41, 5.74) is 0.127. The van der Waals surface area contributed by atoms with Crippen molar-refractivity contribution in [2.24, 2.45) is 0 Å². The van der Waals surface area contributed by atoms with Gasteiger partial charge in [-0.1, -0.05) is 17.7 Å². The first-order valence-corrected chi connectivity index (χ1v) is 6.41. The zero-order valence-corrected chi connectivity index (χ0v) is 11.2. The number of hydrogen-bond acceptors (Lipinski definition) is 1. The summed E-state index contributed by atoms with van der Waals surface area (Å²) in [4.78, 5) is 13.5. The summed E-state index contributed by atoms with van der Waals surface area (Å²) in [6, 6.07) is 4.11. The van der Waals surface area contributed by atoms with E-state index in [-0.39, 0.29) is 28.3 Å². The van der Waals surface area contributed by atoms with E-state index in [1.807, 2.05) is 0 Å². The van der Waals surface area contributed by atoms with Crippen LogP contribution in [0.1, 0.15) is 10.4 Å². The van der Waals surface area contributed by atoms with Crippen molar-refractivity contribution in [3.63, 3.8) is 0 Å². The lowest BCUT2D eigenvalue weighted by atomic mass is 10.2. The van der Waals surface area contributed by atoms with Gasteiger partial charge in [-0.15, -0.1) is 23.2 Å². The van der Waals surface area contributed by atoms with E-state index in [1.54, 1.807) is 0 Å². The molecule has 0 aliphatic rings. The summed E-state index contributed by atoms with van der Waals surface area (Å²) < 4.78 is 13.2. The van der Waals surface area contributed by atoms with E-state index in [9.17, 15) is 9.18 Å². The van der Waals surface area contributed by atoms with E-state index in [0.29, 0.717) is 13.1 Å². The molecule has 94 valence electrons. The van der Waals surface area contributed by atoms with E-state index >= 15 is 0 Å². The first-order valence-electron chi connectivity index (χ1n) is 4.97. The van der Waals surface area contributed by atoms with Gasteiger partial charge in [0, 0.05) is 24.8 Å². The summed E-state index contributed by atoms with van der Waals surface area (Å²) in [6.45, 7) is 0.694. The molecule has 2 nitrogen and oxygen atoms in total. The number of alkyl halides is 2. The fourth-order valence-corrected chi connectivity index (χ4v) is 1.97. The second-order valence-corrected chi connectivity index (χ2v) is 4.41. The van der Waals surface area contributed by atoms with E-state index in [1.165, 1.54) is 23.1 Å². The second kappa shape index (κ2) is 7.04. The Morgan fingerprint density at radius 1 is 1.24 bits per heavy atom. The minimum absolute atomic E-state index is 0.127. The average molecular weight is 299 g/mol. The molecule has 0 aromatic heterocycles. The van der Waals surface area contributed by atoms with Gasteiger partial charge in [0.1, 0.15) is 5.82 Å². The smallest absolute Gasteiger partial charge is 0.255 e. The molecule has 17 heavy (non-hydrogen) atoms. The normalized spacial score (nSPS) is 10.4. The van der Waals surface area contributed by atoms with Crippen LogP contribution in [-0.2, 0) is 0 Å². The highest BCUT2D eigenvalue weighted by Gasteiger charge is 2.19. The lowest BCUT2D eigenvalue weighted by Gasteiger charge is -2.21. The number of nitrogens with zero attached hydrogens (tertiary/aromatic N) is 1. The Morgan fingerprint density at radius 2 is 1.82 bits per heavy atom. The number of carbonyl (C=O) groups excluding carboxylic acids is 1. The van der Waals surface area contributed by atoms with Crippen molar-refractivity contribution in [3.05, 3.63) is 34.6 Å². The van der Waals surface area contributed by atoms with Gasteiger partial charge in [0.2, 0.25) is 0 Å². The maximum Gasteiger partial charge on any atom is 0.255 e. The standard InChI is InChI=1S/C11H11Cl3FNO/c12-4-6-16(7-5-13)11(17)8-2-1-3-9(15)10(8)14/h1-3H,4-7H2. The van der Waals surface area contributed by atoms with Crippen LogP contribution < -0.4 is 0 Å². The van der Waals surface area contributed by atoms with E-state index in [4.69, 9.17) is 34.8 Å². The van der Waals surface area contributed by atoms with Gasteiger partial charge < -0.3 is 4.90 Å². The molecule has 0 heterocycles. The Labute approximate surface area is 114 Å². The van der Waals surface area contributed by atoms with Crippen LogP contribution in [-0.4, -0.2) is 35.7 Å². The van der Waals surface area contributed by atoms with E-state index in [2.05, 4.69) is 0 Å². The van der Waals surface area contributed by atoms with Crippen LogP contribution in [0.2, 0.25) is 5.02 Å². The number of benzene rings is 1. The van der Waals surface area contributed by atoms with Crippen LogP contribution in [0, 0.1) is 5.82 Å². The molecule has 0 aliphatic heterocycles. The second-order valence-electron chi connectivity index (χ2n) is 3.27. The summed E-state index contributed by atoms with van der Waals surface area (Å²) in [5.74, 6) is -0.407. The highest BCUT2D eigenvalue weighted by atomic mass is 35.5. The molecule has 0 N–H and O–H groups in total. The lowest BCUT2D eigenvalue weighted by Crippen LogP contribution is -2.34. The van der Waals surface area contributed by atoms with Gasteiger partial charge in [-0.3, -0.25) is 4.79 Å². The largest absolute Gasteiger partial charge is 0.336 e. The molecule has 0 saturated carbocycles.